The number of ether oxygens (including phenoxy) is 3. The molecule has 0 radical (unpaired) electrons. The van der Waals surface area contributed by atoms with E-state index in [-0.39, 0.29) is 5.75 Å². The molecule has 1 saturated heterocycles. The van der Waals surface area contributed by atoms with Crippen LogP contribution in [0.2, 0.25) is 0 Å². The second kappa shape index (κ2) is 6.56. The Morgan fingerprint density at radius 3 is 2.95 bits per heavy atom. The quantitative estimate of drug-likeness (QED) is 0.865. The van der Waals surface area contributed by atoms with Crippen molar-refractivity contribution in [2.45, 2.75) is 13.0 Å². The molecular weight excluding hydrogens is 256 g/mol. The molecule has 0 aliphatic carbocycles. The van der Waals surface area contributed by atoms with Crippen molar-refractivity contribution in [3.63, 3.8) is 0 Å². The molecule has 0 saturated carbocycles. The van der Waals surface area contributed by atoms with Gasteiger partial charge in [-0.1, -0.05) is 0 Å². The highest BCUT2D eigenvalue weighted by atomic mass is 19.3. The van der Waals surface area contributed by atoms with Crippen molar-refractivity contribution in [3.8, 4) is 11.5 Å². The minimum absolute atomic E-state index is 0.120. The number of methoxy groups -OCH3 is 1. The molecule has 1 aromatic carbocycles. The highest BCUT2D eigenvalue weighted by Crippen LogP contribution is 2.31. The van der Waals surface area contributed by atoms with Crippen molar-refractivity contribution in [1.29, 1.82) is 0 Å². The van der Waals surface area contributed by atoms with Crippen LogP contribution < -0.4 is 14.8 Å². The summed E-state index contributed by atoms with van der Waals surface area (Å²) in [5.74, 6) is 1.10. The van der Waals surface area contributed by atoms with Crippen LogP contribution in [-0.4, -0.2) is 33.5 Å². The third-order valence-electron chi connectivity index (χ3n) is 3.01. The average molecular weight is 273 g/mol. The Bertz CT molecular complexity index is 409. The molecule has 1 aliphatic heterocycles. The first-order valence-electron chi connectivity index (χ1n) is 6.13. The Kier molecular flexibility index (Phi) is 4.79. The summed E-state index contributed by atoms with van der Waals surface area (Å²) in [6.07, 6.45) is 0.974. The first-order chi connectivity index (χ1) is 9.19. The Morgan fingerprint density at radius 2 is 2.32 bits per heavy atom. The van der Waals surface area contributed by atoms with Crippen molar-refractivity contribution >= 4 is 5.69 Å². The summed E-state index contributed by atoms with van der Waals surface area (Å²) in [6.45, 7) is -0.733. The maximum atomic E-state index is 12.3. The van der Waals surface area contributed by atoms with Gasteiger partial charge in [0.1, 0.15) is 11.5 Å². The molecule has 106 valence electrons. The SMILES string of the molecule is COc1ccc(OC(F)F)c(NCC2CCOC2)c1. The summed E-state index contributed by atoms with van der Waals surface area (Å²) in [5, 5.41) is 3.12. The van der Waals surface area contributed by atoms with E-state index in [4.69, 9.17) is 9.47 Å². The van der Waals surface area contributed by atoms with Gasteiger partial charge in [-0.3, -0.25) is 0 Å². The van der Waals surface area contributed by atoms with Gasteiger partial charge < -0.3 is 19.5 Å². The van der Waals surface area contributed by atoms with Crippen LogP contribution in [0.4, 0.5) is 14.5 Å². The van der Waals surface area contributed by atoms with Crippen LogP contribution >= 0.6 is 0 Å². The highest BCUT2D eigenvalue weighted by Gasteiger charge is 2.17. The summed E-state index contributed by atoms with van der Waals surface area (Å²) in [4.78, 5) is 0. The average Bonchev–Trinajstić information content (AvgIpc) is 2.90. The number of anilines is 1. The predicted molar refractivity (Wildman–Crippen MR) is 67.0 cm³/mol. The molecule has 4 nitrogen and oxygen atoms in total. The van der Waals surface area contributed by atoms with Crippen LogP contribution in [0.5, 0.6) is 11.5 Å². The van der Waals surface area contributed by atoms with Crippen molar-refractivity contribution in [2.24, 2.45) is 5.92 Å². The number of rotatable bonds is 6. The van der Waals surface area contributed by atoms with Gasteiger partial charge in [-0.15, -0.1) is 0 Å². The molecule has 1 N–H and O–H groups in total. The second-order valence-electron chi connectivity index (χ2n) is 4.35. The van der Waals surface area contributed by atoms with E-state index in [0.717, 1.165) is 13.0 Å². The van der Waals surface area contributed by atoms with Gasteiger partial charge in [0, 0.05) is 25.1 Å². The van der Waals surface area contributed by atoms with Gasteiger partial charge >= 0.3 is 6.61 Å². The third-order valence-corrected chi connectivity index (χ3v) is 3.01. The minimum atomic E-state index is -2.84. The lowest BCUT2D eigenvalue weighted by Crippen LogP contribution is -2.15. The van der Waals surface area contributed by atoms with Gasteiger partial charge in [-0.2, -0.15) is 8.78 Å². The van der Waals surface area contributed by atoms with E-state index in [2.05, 4.69) is 10.1 Å². The molecule has 2 rings (SSSR count). The molecule has 1 atom stereocenters. The molecule has 19 heavy (non-hydrogen) atoms. The zero-order chi connectivity index (χ0) is 13.7. The van der Waals surface area contributed by atoms with Crippen LogP contribution in [0.1, 0.15) is 6.42 Å². The maximum absolute atomic E-state index is 12.3. The van der Waals surface area contributed by atoms with Gasteiger partial charge in [-0.05, 0) is 18.6 Å². The van der Waals surface area contributed by atoms with Crippen molar-refractivity contribution in [1.82, 2.24) is 0 Å². The fourth-order valence-electron chi connectivity index (χ4n) is 1.97. The van der Waals surface area contributed by atoms with E-state index in [9.17, 15) is 8.78 Å². The molecule has 1 unspecified atom stereocenters. The molecule has 6 heteroatoms. The standard InChI is InChI=1S/C13H17F2NO3/c1-17-10-2-3-12(19-13(14)15)11(6-10)16-7-9-4-5-18-8-9/h2-3,6,9,13,16H,4-5,7-8H2,1H3. The molecule has 0 aromatic heterocycles. The second-order valence-corrected chi connectivity index (χ2v) is 4.35. The number of hydrogen-bond acceptors (Lipinski definition) is 4. The number of nitrogens with one attached hydrogen (secondary N) is 1. The van der Waals surface area contributed by atoms with Crippen LogP contribution in [0.25, 0.3) is 0 Å². The van der Waals surface area contributed by atoms with Crippen molar-refractivity contribution in [2.75, 3.05) is 32.2 Å². The largest absolute Gasteiger partial charge is 0.497 e. The summed E-state index contributed by atoms with van der Waals surface area (Å²) in [6, 6.07) is 4.70. The van der Waals surface area contributed by atoms with Gasteiger partial charge in [0.15, 0.2) is 0 Å². The summed E-state index contributed by atoms with van der Waals surface area (Å²) in [5.41, 5.74) is 0.506. The van der Waals surface area contributed by atoms with Crippen LogP contribution in [0.15, 0.2) is 18.2 Å². The van der Waals surface area contributed by atoms with Crippen LogP contribution in [-0.2, 0) is 4.74 Å². The fraction of sp³-hybridized carbons (Fsp3) is 0.538. The lowest BCUT2D eigenvalue weighted by atomic mass is 10.1. The highest BCUT2D eigenvalue weighted by molar-refractivity contribution is 5.59. The first-order valence-corrected chi connectivity index (χ1v) is 6.13. The Balaban J connectivity index is 2.05. The fourth-order valence-corrected chi connectivity index (χ4v) is 1.97. The van der Waals surface area contributed by atoms with Crippen molar-refractivity contribution in [3.05, 3.63) is 18.2 Å². The van der Waals surface area contributed by atoms with E-state index in [1.165, 1.54) is 13.2 Å². The number of halogens is 2. The molecule has 1 aliphatic rings. The van der Waals surface area contributed by atoms with E-state index in [1.54, 1.807) is 12.1 Å². The zero-order valence-electron chi connectivity index (χ0n) is 10.7. The van der Waals surface area contributed by atoms with Gasteiger partial charge in [0.05, 0.1) is 19.4 Å². The smallest absolute Gasteiger partial charge is 0.387 e. The zero-order valence-corrected chi connectivity index (χ0v) is 10.7. The van der Waals surface area contributed by atoms with Gasteiger partial charge in [0.25, 0.3) is 0 Å². The Hall–Kier alpha value is -1.56. The Morgan fingerprint density at radius 1 is 1.47 bits per heavy atom. The van der Waals surface area contributed by atoms with Crippen molar-refractivity contribution < 1.29 is 23.0 Å². The van der Waals surface area contributed by atoms with E-state index >= 15 is 0 Å². The predicted octanol–water partition coefficient (Wildman–Crippen LogP) is 2.75. The van der Waals surface area contributed by atoms with E-state index in [0.29, 0.717) is 30.5 Å². The maximum Gasteiger partial charge on any atom is 0.387 e. The lowest BCUT2D eigenvalue weighted by Gasteiger charge is -2.15. The normalized spacial score (nSPS) is 18.6. The van der Waals surface area contributed by atoms with Crippen LogP contribution in [0, 0.1) is 5.92 Å². The minimum Gasteiger partial charge on any atom is -0.497 e. The summed E-state index contributed by atoms with van der Waals surface area (Å²) < 4.78 is 39.5. The molecule has 0 amide bonds. The Labute approximate surface area is 110 Å². The lowest BCUT2D eigenvalue weighted by molar-refractivity contribution is -0.0494. The molecule has 1 fully saturated rings. The summed E-state index contributed by atoms with van der Waals surface area (Å²) >= 11 is 0. The molecule has 1 heterocycles. The van der Waals surface area contributed by atoms with E-state index in [1.807, 2.05) is 0 Å². The monoisotopic (exact) mass is 273 g/mol. The van der Waals surface area contributed by atoms with Crippen LogP contribution in [0.3, 0.4) is 0 Å². The molecule has 1 aromatic rings. The topological polar surface area (TPSA) is 39.7 Å². The molecule has 0 bridgehead atoms. The number of alkyl halides is 2. The molecular formula is C13H17F2NO3. The molecule has 0 spiro atoms. The number of benzene rings is 1. The van der Waals surface area contributed by atoms with Gasteiger partial charge in [-0.25, -0.2) is 0 Å². The van der Waals surface area contributed by atoms with Gasteiger partial charge in [0.2, 0.25) is 0 Å². The third kappa shape index (κ3) is 3.96. The number of hydrogen-bond donors (Lipinski definition) is 1. The van der Waals surface area contributed by atoms with E-state index < -0.39 is 6.61 Å². The first kappa shape index (κ1) is 13.9. The summed E-state index contributed by atoms with van der Waals surface area (Å²) in [7, 11) is 1.53.